The van der Waals surface area contributed by atoms with E-state index in [1.807, 2.05) is 11.9 Å². The van der Waals surface area contributed by atoms with Crippen molar-refractivity contribution in [3.05, 3.63) is 59.2 Å². The number of hydrogen-bond donors (Lipinski definition) is 2. The van der Waals surface area contributed by atoms with Gasteiger partial charge >= 0.3 is 6.18 Å². The minimum atomic E-state index is -4.37. The van der Waals surface area contributed by atoms with Crippen LogP contribution in [-0.4, -0.2) is 62.0 Å². The quantitative estimate of drug-likeness (QED) is 0.639. The lowest BCUT2D eigenvalue weighted by molar-refractivity contribution is -0.137. The highest BCUT2D eigenvalue weighted by molar-refractivity contribution is 5.88. The van der Waals surface area contributed by atoms with Crippen molar-refractivity contribution in [1.29, 1.82) is 0 Å². The van der Waals surface area contributed by atoms with Gasteiger partial charge in [0.15, 0.2) is 0 Å². The number of benzene rings is 2. The fraction of sp³-hybridized carbons (Fsp3) is 0.417. The van der Waals surface area contributed by atoms with Gasteiger partial charge in [-0.15, -0.1) is 0 Å². The summed E-state index contributed by atoms with van der Waals surface area (Å²) in [6, 6.07) is 10.3. The molecule has 10 heteroatoms. The van der Waals surface area contributed by atoms with Crippen LogP contribution in [0.1, 0.15) is 29.7 Å². The van der Waals surface area contributed by atoms with Crippen LogP contribution in [0.25, 0.3) is 0 Å². The highest BCUT2D eigenvalue weighted by atomic mass is 19.4. The van der Waals surface area contributed by atoms with Crippen LogP contribution >= 0.6 is 0 Å². The van der Waals surface area contributed by atoms with Crippen molar-refractivity contribution in [3.8, 4) is 5.75 Å². The molecular weight excluding hydrogens is 449 g/mol. The molecule has 0 aliphatic carbocycles. The van der Waals surface area contributed by atoms with Crippen molar-refractivity contribution in [1.82, 2.24) is 15.1 Å². The van der Waals surface area contributed by atoms with Gasteiger partial charge in [-0.2, -0.15) is 13.2 Å². The predicted molar refractivity (Wildman–Crippen MR) is 122 cm³/mol. The van der Waals surface area contributed by atoms with E-state index >= 15 is 0 Å². The Labute approximate surface area is 196 Å². The van der Waals surface area contributed by atoms with Crippen LogP contribution in [-0.2, 0) is 22.3 Å². The Kier molecular flexibility index (Phi) is 8.16. The molecule has 3 rings (SSSR count). The van der Waals surface area contributed by atoms with Gasteiger partial charge < -0.3 is 15.4 Å². The molecule has 0 bridgehead atoms. The first kappa shape index (κ1) is 25.5. The Balaban J connectivity index is 1.59. The third kappa shape index (κ3) is 6.71. The first-order valence-electron chi connectivity index (χ1n) is 10.9. The number of nitrogens with one attached hydrogen (secondary N) is 2. The molecule has 0 unspecified atom stereocenters. The lowest BCUT2D eigenvalue weighted by Crippen LogP contribution is -2.49. The Hall–Kier alpha value is -3.11. The number of methoxy groups -OCH3 is 1. The van der Waals surface area contributed by atoms with Crippen LogP contribution in [0.3, 0.4) is 0 Å². The molecule has 2 aromatic carbocycles. The van der Waals surface area contributed by atoms with E-state index in [1.165, 1.54) is 26.2 Å². The number of nitrogens with zero attached hydrogens (tertiary/aromatic N) is 2. The van der Waals surface area contributed by atoms with Crippen LogP contribution < -0.4 is 15.4 Å². The molecule has 0 spiro atoms. The first-order chi connectivity index (χ1) is 16.1. The highest BCUT2D eigenvalue weighted by Gasteiger charge is 2.31. The van der Waals surface area contributed by atoms with Crippen LogP contribution in [0.2, 0.25) is 0 Å². The minimum Gasteiger partial charge on any atom is -0.496 e. The van der Waals surface area contributed by atoms with Crippen molar-refractivity contribution in [2.45, 2.75) is 25.7 Å². The van der Waals surface area contributed by atoms with Gasteiger partial charge in [-0.05, 0) is 42.9 Å². The second-order valence-corrected chi connectivity index (χ2v) is 8.34. The maximum Gasteiger partial charge on any atom is 0.416 e. The summed E-state index contributed by atoms with van der Waals surface area (Å²) < 4.78 is 44.0. The Bertz CT molecular complexity index is 1010. The minimum absolute atomic E-state index is 0.113. The predicted octanol–water partition coefficient (Wildman–Crippen LogP) is 3.28. The number of carbonyl (C=O) groups excluding carboxylic acids is 2. The Morgan fingerprint density at radius 2 is 1.82 bits per heavy atom. The summed E-state index contributed by atoms with van der Waals surface area (Å²) in [6.45, 7) is 3.69. The first-order valence-corrected chi connectivity index (χ1v) is 10.9. The molecule has 1 fully saturated rings. The molecule has 2 amide bonds. The van der Waals surface area contributed by atoms with Crippen molar-refractivity contribution in [2.75, 3.05) is 45.7 Å². The molecule has 1 atom stereocenters. The van der Waals surface area contributed by atoms with Gasteiger partial charge in [-0.25, -0.2) is 0 Å². The zero-order chi connectivity index (χ0) is 24.9. The number of hydrogen-bond acceptors (Lipinski definition) is 5. The third-order valence-corrected chi connectivity index (χ3v) is 5.80. The standard InChI is InChI=1S/C24H29F3N4O3/c1-16(32)29-20-8-9-22(34-3)18(12-20)13-28-23(33)15-31-11-10-30(2)21(14-31)17-4-6-19(7-5-17)24(25,26)27/h4-9,12,21H,10-11,13-15H2,1-3H3,(H,28,33)(H,29,32)/t21-/m0/s1. The van der Waals surface area contributed by atoms with Gasteiger partial charge in [-0.3, -0.25) is 19.4 Å². The molecule has 2 N–H and O–H groups in total. The van der Waals surface area contributed by atoms with Gasteiger partial charge in [0.1, 0.15) is 5.75 Å². The van der Waals surface area contributed by atoms with Crippen LogP contribution in [0.15, 0.2) is 42.5 Å². The molecule has 0 radical (unpaired) electrons. The van der Waals surface area contributed by atoms with Gasteiger partial charge in [0.25, 0.3) is 0 Å². The van der Waals surface area contributed by atoms with Crippen LogP contribution in [0.5, 0.6) is 5.75 Å². The monoisotopic (exact) mass is 478 g/mol. The van der Waals surface area contributed by atoms with Crippen LogP contribution in [0.4, 0.5) is 18.9 Å². The molecule has 0 aromatic heterocycles. The molecule has 0 saturated carbocycles. The van der Waals surface area contributed by atoms with Gasteiger partial charge in [0, 0.05) is 50.4 Å². The number of alkyl halides is 3. The number of ether oxygens (including phenoxy) is 1. The number of amides is 2. The smallest absolute Gasteiger partial charge is 0.416 e. The van der Waals surface area contributed by atoms with E-state index in [-0.39, 0.29) is 30.9 Å². The van der Waals surface area contributed by atoms with E-state index in [2.05, 4.69) is 15.5 Å². The molecule has 1 aliphatic heterocycles. The maximum atomic E-state index is 12.9. The number of rotatable bonds is 7. The van der Waals surface area contributed by atoms with E-state index in [4.69, 9.17) is 4.74 Å². The number of anilines is 1. The molecular formula is C24H29F3N4O3. The average molecular weight is 479 g/mol. The lowest BCUT2D eigenvalue weighted by Gasteiger charge is -2.39. The topological polar surface area (TPSA) is 73.9 Å². The van der Waals surface area contributed by atoms with Gasteiger partial charge in [0.2, 0.25) is 11.8 Å². The fourth-order valence-corrected chi connectivity index (χ4v) is 3.98. The van der Waals surface area contributed by atoms with Crippen molar-refractivity contribution < 1.29 is 27.5 Å². The number of piperazine rings is 1. The molecule has 1 saturated heterocycles. The third-order valence-electron chi connectivity index (χ3n) is 5.80. The fourth-order valence-electron chi connectivity index (χ4n) is 3.98. The summed E-state index contributed by atoms with van der Waals surface area (Å²) >= 11 is 0. The second-order valence-electron chi connectivity index (χ2n) is 8.34. The number of likely N-dealkylation sites (N-methyl/N-ethyl adjacent to an activating group) is 1. The van der Waals surface area contributed by atoms with Gasteiger partial charge in [-0.1, -0.05) is 12.1 Å². The van der Waals surface area contributed by atoms with E-state index < -0.39 is 11.7 Å². The highest BCUT2D eigenvalue weighted by Crippen LogP contribution is 2.31. The second kappa shape index (κ2) is 10.9. The largest absolute Gasteiger partial charge is 0.496 e. The van der Waals surface area contributed by atoms with E-state index in [1.54, 1.807) is 18.2 Å². The summed E-state index contributed by atoms with van der Waals surface area (Å²) in [6.07, 6.45) is -4.37. The molecule has 1 heterocycles. The molecule has 184 valence electrons. The number of halogens is 3. The zero-order valence-electron chi connectivity index (χ0n) is 19.4. The van der Waals surface area contributed by atoms with E-state index in [0.717, 1.165) is 23.3 Å². The summed E-state index contributed by atoms with van der Waals surface area (Å²) in [5.74, 6) is 0.219. The average Bonchev–Trinajstić information content (AvgIpc) is 2.78. The van der Waals surface area contributed by atoms with Gasteiger partial charge in [0.05, 0.1) is 19.2 Å². The summed E-state index contributed by atoms with van der Waals surface area (Å²) in [7, 11) is 3.46. The van der Waals surface area contributed by atoms with Crippen molar-refractivity contribution >= 4 is 17.5 Å². The van der Waals surface area contributed by atoms with Crippen molar-refractivity contribution in [2.24, 2.45) is 0 Å². The number of carbonyl (C=O) groups is 2. The molecule has 2 aromatic rings. The SMILES string of the molecule is COc1ccc(NC(C)=O)cc1CNC(=O)CN1CCN(C)[C@H](c2ccc(C(F)(F)F)cc2)C1. The van der Waals surface area contributed by atoms with E-state index in [0.29, 0.717) is 31.1 Å². The van der Waals surface area contributed by atoms with Crippen molar-refractivity contribution in [3.63, 3.8) is 0 Å². The molecule has 34 heavy (non-hydrogen) atoms. The Morgan fingerprint density at radius 3 is 2.44 bits per heavy atom. The normalized spacial score (nSPS) is 17.3. The lowest BCUT2D eigenvalue weighted by atomic mass is 10.0. The Morgan fingerprint density at radius 1 is 1.12 bits per heavy atom. The molecule has 1 aliphatic rings. The van der Waals surface area contributed by atoms with E-state index in [9.17, 15) is 22.8 Å². The van der Waals surface area contributed by atoms with Crippen LogP contribution in [0, 0.1) is 0 Å². The maximum absolute atomic E-state index is 12.9. The summed E-state index contributed by atoms with van der Waals surface area (Å²) in [5.41, 5.74) is 1.43. The molecule has 7 nitrogen and oxygen atoms in total. The summed E-state index contributed by atoms with van der Waals surface area (Å²) in [5, 5.41) is 5.58. The zero-order valence-corrected chi connectivity index (χ0v) is 19.4. The summed E-state index contributed by atoms with van der Waals surface area (Å²) in [4.78, 5) is 28.0.